The number of nitrogens with one attached hydrogen (secondary N) is 1. The van der Waals surface area contributed by atoms with Crippen molar-refractivity contribution in [2.24, 2.45) is 0 Å². The van der Waals surface area contributed by atoms with E-state index in [9.17, 15) is 9.59 Å². The molecule has 3 heterocycles. The number of urea groups is 1. The fourth-order valence-corrected chi connectivity index (χ4v) is 4.26. The molecule has 4 rings (SSSR count). The molecule has 7 heteroatoms. The van der Waals surface area contributed by atoms with E-state index in [2.05, 4.69) is 10.4 Å². The third kappa shape index (κ3) is 3.74. The predicted octanol–water partition coefficient (Wildman–Crippen LogP) is 2.73. The van der Waals surface area contributed by atoms with E-state index in [1.807, 2.05) is 57.9 Å². The summed E-state index contributed by atoms with van der Waals surface area (Å²) >= 11 is 0. The Morgan fingerprint density at radius 1 is 1.18 bits per heavy atom. The van der Waals surface area contributed by atoms with Crippen LogP contribution in [-0.2, 0) is 4.79 Å². The minimum Gasteiger partial charge on any atom is -0.340 e. The van der Waals surface area contributed by atoms with Gasteiger partial charge in [-0.25, -0.2) is 9.48 Å². The fraction of sp³-hybridized carbons (Fsp3) is 0.476. The monoisotopic (exact) mass is 381 g/mol. The lowest BCUT2D eigenvalue weighted by Crippen LogP contribution is -2.50. The summed E-state index contributed by atoms with van der Waals surface area (Å²) in [6.07, 6.45) is 7.00. The highest BCUT2D eigenvalue weighted by atomic mass is 16.2. The lowest BCUT2D eigenvalue weighted by atomic mass is 10.0. The number of likely N-dealkylation sites (tertiary alicyclic amines) is 2. The third-order valence-corrected chi connectivity index (χ3v) is 5.80. The van der Waals surface area contributed by atoms with Gasteiger partial charge in [0.05, 0.1) is 11.7 Å². The van der Waals surface area contributed by atoms with Gasteiger partial charge in [0.25, 0.3) is 0 Å². The van der Waals surface area contributed by atoms with E-state index in [-0.39, 0.29) is 24.0 Å². The molecule has 2 aromatic rings. The molecule has 7 nitrogen and oxygen atoms in total. The summed E-state index contributed by atoms with van der Waals surface area (Å²) in [7, 11) is 0. The standard InChI is InChI=1S/C21H27N5O2/c1-16(18-6-2-3-7-19(18)26-13-5-11-22-26)23-21(28)24-14-9-17(10-15-24)25-12-4-8-20(25)27/h2-3,5-7,11,13,16-17H,4,8-10,12,14-15H2,1H3,(H,23,28). The van der Waals surface area contributed by atoms with Crippen LogP contribution in [0.25, 0.3) is 5.69 Å². The van der Waals surface area contributed by atoms with Gasteiger partial charge in [-0.05, 0) is 43.9 Å². The lowest BCUT2D eigenvalue weighted by Gasteiger charge is -2.37. The number of carbonyl (C=O) groups excluding carboxylic acids is 2. The second kappa shape index (κ2) is 8.04. The van der Waals surface area contributed by atoms with Crippen LogP contribution in [0, 0.1) is 0 Å². The first-order chi connectivity index (χ1) is 13.6. The molecule has 3 amide bonds. The van der Waals surface area contributed by atoms with E-state index in [0.717, 1.165) is 37.1 Å². The van der Waals surface area contributed by atoms with Crippen LogP contribution in [0.15, 0.2) is 42.7 Å². The SMILES string of the molecule is CC(NC(=O)N1CCC(N2CCCC2=O)CC1)c1ccccc1-n1cccn1. The van der Waals surface area contributed by atoms with Crippen LogP contribution in [0.3, 0.4) is 0 Å². The Labute approximate surface area is 165 Å². The maximum absolute atomic E-state index is 12.8. The second-order valence-corrected chi connectivity index (χ2v) is 7.59. The molecule has 1 aromatic heterocycles. The molecule has 0 aliphatic carbocycles. The van der Waals surface area contributed by atoms with Gasteiger partial charge in [0.15, 0.2) is 0 Å². The van der Waals surface area contributed by atoms with Crippen molar-refractivity contribution in [1.29, 1.82) is 0 Å². The van der Waals surface area contributed by atoms with Gasteiger partial charge >= 0.3 is 6.03 Å². The fourth-order valence-electron chi connectivity index (χ4n) is 4.26. The number of carbonyl (C=O) groups is 2. The summed E-state index contributed by atoms with van der Waals surface area (Å²) in [6.45, 7) is 4.24. The zero-order chi connectivity index (χ0) is 19.5. The van der Waals surface area contributed by atoms with Crippen molar-refractivity contribution in [3.05, 3.63) is 48.3 Å². The number of hydrogen-bond donors (Lipinski definition) is 1. The first-order valence-electron chi connectivity index (χ1n) is 10.1. The predicted molar refractivity (Wildman–Crippen MR) is 106 cm³/mol. The van der Waals surface area contributed by atoms with Gasteiger partial charge in [-0.15, -0.1) is 0 Å². The van der Waals surface area contributed by atoms with Crippen LogP contribution in [0.5, 0.6) is 0 Å². The zero-order valence-corrected chi connectivity index (χ0v) is 16.3. The summed E-state index contributed by atoms with van der Waals surface area (Å²) in [6, 6.07) is 9.96. The Morgan fingerprint density at radius 3 is 2.64 bits per heavy atom. The summed E-state index contributed by atoms with van der Waals surface area (Å²) in [5.74, 6) is 0.270. The highest BCUT2D eigenvalue weighted by Crippen LogP contribution is 2.24. The van der Waals surface area contributed by atoms with E-state index >= 15 is 0 Å². The summed E-state index contributed by atoms with van der Waals surface area (Å²) in [5, 5.41) is 7.44. The topological polar surface area (TPSA) is 70.5 Å². The molecular formula is C21H27N5O2. The molecular weight excluding hydrogens is 354 g/mol. The number of aromatic nitrogens is 2. The van der Waals surface area contributed by atoms with Crippen LogP contribution in [0.4, 0.5) is 4.79 Å². The summed E-state index contributed by atoms with van der Waals surface area (Å²) in [5.41, 5.74) is 1.99. The molecule has 0 saturated carbocycles. The molecule has 0 spiro atoms. The molecule has 2 aliphatic rings. The number of rotatable bonds is 4. The van der Waals surface area contributed by atoms with E-state index in [4.69, 9.17) is 0 Å². The number of piperidine rings is 1. The van der Waals surface area contributed by atoms with Crippen molar-refractivity contribution in [1.82, 2.24) is 24.9 Å². The van der Waals surface area contributed by atoms with Crippen LogP contribution in [-0.4, -0.2) is 57.2 Å². The van der Waals surface area contributed by atoms with E-state index < -0.39 is 0 Å². The van der Waals surface area contributed by atoms with E-state index in [1.54, 1.807) is 6.20 Å². The molecule has 148 valence electrons. The van der Waals surface area contributed by atoms with Crippen molar-refractivity contribution >= 4 is 11.9 Å². The Morgan fingerprint density at radius 2 is 1.96 bits per heavy atom. The average molecular weight is 381 g/mol. The minimum absolute atomic E-state index is 0.0473. The molecule has 28 heavy (non-hydrogen) atoms. The third-order valence-electron chi connectivity index (χ3n) is 5.80. The Bertz CT molecular complexity index is 827. The number of nitrogens with zero attached hydrogens (tertiary/aromatic N) is 4. The molecule has 1 N–H and O–H groups in total. The van der Waals surface area contributed by atoms with Crippen molar-refractivity contribution < 1.29 is 9.59 Å². The Hall–Kier alpha value is -2.83. The highest BCUT2D eigenvalue weighted by molar-refractivity contribution is 5.78. The van der Waals surface area contributed by atoms with Gasteiger partial charge in [0.1, 0.15) is 0 Å². The van der Waals surface area contributed by atoms with Crippen LogP contribution >= 0.6 is 0 Å². The minimum atomic E-state index is -0.134. The van der Waals surface area contributed by atoms with E-state index in [0.29, 0.717) is 19.5 Å². The Kier molecular flexibility index (Phi) is 5.32. The molecule has 0 radical (unpaired) electrons. The molecule has 1 atom stereocenters. The zero-order valence-electron chi connectivity index (χ0n) is 16.3. The van der Waals surface area contributed by atoms with Gasteiger partial charge in [-0.2, -0.15) is 5.10 Å². The highest BCUT2D eigenvalue weighted by Gasteiger charge is 2.32. The van der Waals surface area contributed by atoms with Gasteiger partial charge in [0.2, 0.25) is 5.91 Å². The molecule has 1 unspecified atom stereocenters. The quantitative estimate of drug-likeness (QED) is 0.885. The molecule has 2 fully saturated rings. The van der Waals surface area contributed by atoms with Gasteiger partial charge in [-0.1, -0.05) is 18.2 Å². The Balaban J connectivity index is 1.36. The molecule has 2 saturated heterocycles. The van der Waals surface area contributed by atoms with Crippen molar-refractivity contribution in [2.75, 3.05) is 19.6 Å². The summed E-state index contributed by atoms with van der Waals surface area (Å²) in [4.78, 5) is 28.6. The number of benzene rings is 1. The number of hydrogen-bond acceptors (Lipinski definition) is 3. The molecule has 2 aliphatic heterocycles. The lowest BCUT2D eigenvalue weighted by molar-refractivity contribution is -0.130. The smallest absolute Gasteiger partial charge is 0.317 e. The van der Waals surface area contributed by atoms with Crippen molar-refractivity contribution in [3.8, 4) is 5.69 Å². The van der Waals surface area contributed by atoms with E-state index in [1.165, 1.54) is 0 Å². The first-order valence-corrected chi connectivity index (χ1v) is 10.1. The number of para-hydroxylation sites is 1. The van der Waals surface area contributed by atoms with Crippen molar-refractivity contribution in [3.63, 3.8) is 0 Å². The van der Waals surface area contributed by atoms with Gasteiger partial charge in [-0.3, -0.25) is 4.79 Å². The molecule has 0 bridgehead atoms. The maximum atomic E-state index is 12.8. The summed E-state index contributed by atoms with van der Waals surface area (Å²) < 4.78 is 1.82. The van der Waals surface area contributed by atoms with Crippen LogP contribution in [0.2, 0.25) is 0 Å². The van der Waals surface area contributed by atoms with Gasteiger partial charge in [0, 0.05) is 44.5 Å². The first kappa shape index (κ1) is 18.5. The number of amides is 3. The molecule has 1 aromatic carbocycles. The van der Waals surface area contributed by atoms with Gasteiger partial charge < -0.3 is 15.1 Å². The largest absolute Gasteiger partial charge is 0.340 e. The van der Waals surface area contributed by atoms with Crippen LogP contribution in [0.1, 0.15) is 44.2 Å². The maximum Gasteiger partial charge on any atom is 0.317 e. The average Bonchev–Trinajstić information content (AvgIpc) is 3.40. The van der Waals surface area contributed by atoms with Crippen molar-refractivity contribution in [2.45, 2.75) is 44.7 Å². The van der Waals surface area contributed by atoms with Crippen LogP contribution < -0.4 is 5.32 Å². The second-order valence-electron chi connectivity index (χ2n) is 7.59. The normalized spacial score (nSPS) is 19.1.